The van der Waals surface area contributed by atoms with Crippen LogP contribution >= 0.6 is 0 Å². The second-order valence-electron chi connectivity index (χ2n) is 7.97. The molecule has 30 heavy (non-hydrogen) atoms. The van der Waals surface area contributed by atoms with Gasteiger partial charge in [-0.15, -0.1) is 0 Å². The first-order valence-corrected chi connectivity index (χ1v) is 10.4. The van der Waals surface area contributed by atoms with Crippen LogP contribution in [0.3, 0.4) is 0 Å². The summed E-state index contributed by atoms with van der Waals surface area (Å²) in [7, 11) is 0. The van der Waals surface area contributed by atoms with Crippen LogP contribution in [0.2, 0.25) is 0 Å². The van der Waals surface area contributed by atoms with Gasteiger partial charge in [0.2, 0.25) is 5.91 Å². The van der Waals surface area contributed by atoms with Gasteiger partial charge >= 0.3 is 0 Å². The van der Waals surface area contributed by atoms with Crippen LogP contribution in [0.25, 0.3) is 0 Å². The van der Waals surface area contributed by atoms with Crippen LogP contribution < -0.4 is 10.1 Å². The van der Waals surface area contributed by atoms with E-state index < -0.39 is 6.10 Å². The molecule has 2 aromatic carbocycles. The number of hydrogen-bond donors (Lipinski definition) is 1. The van der Waals surface area contributed by atoms with Gasteiger partial charge in [-0.25, -0.2) is 0 Å². The molecule has 0 bridgehead atoms. The van der Waals surface area contributed by atoms with Crippen LogP contribution in [0.4, 0.5) is 5.69 Å². The average Bonchev–Trinajstić information content (AvgIpc) is 2.71. The molecular formula is C24H31N3O3. The smallest absolute Gasteiger partial charge is 0.263 e. The third kappa shape index (κ3) is 5.60. The predicted octanol–water partition coefficient (Wildman–Crippen LogP) is 3.16. The van der Waals surface area contributed by atoms with Crippen molar-refractivity contribution in [2.24, 2.45) is 0 Å². The topological polar surface area (TPSA) is 61.9 Å². The summed E-state index contributed by atoms with van der Waals surface area (Å²) in [5, 5.41) is 3.00. The van der Waals surface area contributed by atoms with Crippen LogP contribution in [0, 0.1) is 20.8 Å². The van der Waals surface area contributed by atoms with E-state index >= 15 is 0 Å². The summed E-state index contributed by atoms with van der Waals surface area (Å²) in [6.45, 7) is 10.7. The van der Waals surface area contributed by atoms with Crippen molar-refractivity contribution in [2.75, 3.05) is 38.0 Å². The van der Waals surface area contributed by atoms with Gasteiger partial charge in [0.25, 0.3) is 5.91 Å². The maximum absolute atomic E-state index is 12.7. The Balaban J connectivity index is 1.46. The van der Waals surface area contributed by atoms with Crippen LogP contribution in [0.1, 0.15) is 23.6 Å². The molecule has 1 fully saturated rings. The van der Waals surface area contributed by atoms with Crippen molar-refractivity contribution in [3.05, 3.63) is 59.2 Å². The fraction of sp³-hybridized carbons (Fsp3) is 0.417. The summed E-state index contributed by atoms with van der Waals surface area (Å²) in [6.07, 6.45) is -0.536. The first kappa shape index (κ1) is 21.8. The highest BCUT2D eigenvalue weighted by molar-refractivity contribution is 5.93. The molecule has 6 heteroatoms. The van der Waals surface area contributed by atoms with Crippen molar-refractivity contribution < 1.29 is 14.3 Å². The first-order chi connectivity index (χ1) is 14.3. The number of hydrogen-bond acceptors (Lipinski definition) is 4. The Morgan fingerprint density at radius 3 is 2.43 bits per heavy atom. The first-order valence-electron chi connectivity index (χ1n) is 10.4. The molecule has 1 atom stereocenters. The van der Waals surface area contributed by atoms with Gasteiger partial charge in [0, 0.05) is 31.9 Å². The number of carbonyl (C=O) groups excluding carboxylic acids is 2. The zero-order chi connectivity index (χ0) is 21.7. The number of aryl methyl sites for hydroxylation is 2. The lowest BCUT2D eigenvalue weighted by molar-refractivity contribution is -0.139. The van der Waals surface area contributed by atoms with Gasteiger partial charge in [-0.05, 0) is 62.6 Å². The molecule has 1 heterocycles. The third-order valence-corrected chi connectivity index (χ3v) is 5.58. The van der Waals surface area contributed by atoms with E-state index in [4.69, 9.17) is 4.74 Å². The number of rotatable bonds is 6. The number of nitrogens with zero attached hydrogens (tertiary/aromatic N) is 2. The van der Waals surface area contributed by atoms with Crippen molar-refractivity contribution in [1.82, 2.24) is 9.80 Å². The Hall–Kier alpha value is -2.86. The zero-order valence-corrected chi connectivity index (χ0v) is 18.3. The molecule has 1 N–H and O–H groups in total. The molecule has 0 radical (unpaired) electrons. The van der Waals surface area contributed by atoms with E-state index in [-0.39, 0.29) is 11.8 Å². The van der Waals surface area contributed by atoms with E-state index in [1.807, 2.05) is 68.1 Å². The number of benzene rings is 2. The van der Waals surface area contributed by atoms with Gasteiger partial charge in [-0.2, -0.15) is 0 Å². The van der Waals surface area contributed by atoms with E-state index in [1.54, 1.807) is 6.92 Å². The Morgan fingerprint density at radius 1 is 1.03 bits per heavy atom. The minimum Gasteiger partial charge on any atom is -0.481 e. The molecule has 6 nitrogen and oxygen atoms in total. The highest BCUT2D eigenvalue weighted by Crippen LogP contribution is 2.18. The molecule has 0 spiro atoms. The van der Waals surface area contributed by atoms with Gasteiger partial charge in [-0.1, -0.05) is 24.3 Å². The van der Waals surface area contributed by atoms with E-state index in [2.05, 4.69) is 10.2 Å². The van der Waals surface area contributed by atoms with Crippen molar-refractivity contribution >= 4 is 17.5 Å². The molecule has 1 aliphatic rings. The maximum Gasteiger partial charge on any atom is 0.263 e. The van der Waals surface area contributed by atoms with Crippen molar-refractivity contribution in [3.8, 4) is 5.75 Å². The van der Waals surface area contributed by atoms with E-state index in [0.29, 0.717) is 38.5 Å². The summed E-state index contributed by atoms with van der Waals surface area (Å²) < 4.78 is 5.82. The lowest BCUT2D eigenvalue weighted by atomic mass is 10.1. The Morgan fingerprint density at radius 2 is 1.73 bits per heavy atom. The van der Waals surface area contributed by atoms with Gasteiger partial charge in [0.1, 0.15) is 5.75 Å². The number of anilines is 1. The summed E-state index contributed by atoms with van der Waals surface area (Å²) >= 11 is 0. The summed E-state index contributed by atoms with van der Waals surface area (Å²) in [5.41, 5.74) is 4.20. The summed E-state index contributed by atoms with van der Waals surface area (Å²) in [4.78, 5) is 29.1. The van der Waals surface area contributed by atoms with Crippen molar-refractivity contribution in [1.29, 1.82) is 0 Å². The second-order valence-corrected chi connectivity index (χ2v) is 7.97. The lowest BCUT2D eigenvalue weighted by Crippen LogP contribution is -2.53. The summed E-state index contributed by atoms with van der Waals surface area (Å²) in [6, 6.07) is 13.6. The fourth-order valence-corrected chi connectivity index (χ4v) is 3.61. The van der Waals surface area contributed by atoms with Crippen LogP contribution in [-0.2, 0) is 9.59 Å². The zero-order valence-electron chi connectivity index (χ0n) is 18.3. The minimum absolute atomic E-state index is 0.0176. The van der Waals surface area contributed by atoms with Gasteiger partial charge in [-0.3, -0.25) is 14.5 Å². The highest BCUT2D eigenvalue weighted by atomic mass is 16.5. The Labute approximate surface area is 178 Å². The molecule has 1 saturated heterocycles. The number of carbonyl (C=O) groups is 2. The molecule has 2 amide bonds. The molecule has 0 saturated carbocycles. The standard InChI is InChI=1S/C24H31N3O3/c1-17-7-5-9-21(15-17)30-20(4)24(29)27-13-11-26(12-14-27)16-23(28)25-22-10-6-8-18(2)19(22)3/h5-10,15,20H,11-14,16H2,1-4H3,(H,25,28)/t20-/m0/s1. The van der Waals surface area contributed by atoms with Gasteiger partial charge in [0.15, 0.2) is 6.10 Å². The fourth-order valence-electron chi connectivity index (χ4n) is 3.61. The van der Waals surface area contributed by atoms with Crippen LogP contribution in [0.5, 0.6) is 5.75 Å². The molecule has 0 unspecified atom stereocenters. The van der Waals surface area contributed by atoms with Crippen LogP contribution in [0.15, 0.2) is 42.5 Å². The predicted molar refractivity (Wildman–Crippen MR) is 119 cm³/mol. The SMILES string of the molecule is Cc1cccc(O[C@@H](C)C(=O)N2CCN(CC(=O)Nc3cccc(C)c3C)CC2)c1. The number of amides is 2. The monoisotopic (exact) mass is 409 g/mol. The van der Waals surface area contributed by atoms with Crippen LogP contribution in [-0.4, -0.2) is 60.4 Å². The number of piperazine rings is 1. The molecule has 3 rings (SSSR count). The quantitative estimate of drug-likeness (QED) is 0.796. The Bertz CT molecular complexity index is 904. The molecule has 160 valence electrons. The van der Waals surface area contributed by atoms with Gasteiger partial charge < -0.3 is 15.0 Å². The number of nitrogens with one attached hydrogen (secondary N) is 1. The Kier molecular flexibility index (Phi) is 7.11. The van der Waals surface area contributed by atoms with E-state index in [0.717, 1.165) is 22.4 Å². The lowest BCUT2D eigenvalue weighted by Gasteiger charge is -2.35. The molecule has 0 aromatic heterocycles. The van der Waals surface area contributed by atoms with Crippen molar-refractivity contribution in [3.63, 3.8) is 0 Å². The molecule has 1 aliphatic heterocycles. The van der Waals surface area contributed by atoms with E-state index in [1.165, 1.54) is 0 Å². The van der Waals surface area contributed by atoms with Gasteiger partial charge in [0.05, 0.1) is 6.54 Å². The number of ether oxygens (including phenoxy) is 1. The molecular weight excluding hydrogens is 378 g/mol. The second kappa shape index (κ2) is 9.76. The molecule has 0 aliphatic carbocycles. The highest BCUT2D eigenvalue weighted by Gasteiger charge is 2.26. The van der Waals surface area contributed by atoms with E-state index in [9.17, 15) is 9.59 Å². The van der Waals surface area contributed by atoms with Crippen molar-refractivity contribution in [2.45, 2.75) is 33.8 Å². The molecule has 2 aromatic rings. The average molecular weight is 410 g/mol. The summed E-state index contributed by atoms with van der Waals surface area (Å²) in [5.74, 6) is 0.660. The largest absolute Gasteiger partial charge is 0.481 e. The minimum atomic E-state index is -0.536. The normalized spacial score (nSPS) is 15.5. The maximum atomic E-state index is 12.7. The third-order valence-electron chi connectivity index (χ3n) is 5.58.